The lowest BCUT2D eigenvalue weighted by atomic mass is 10.1. The molecule has 0 radical (unpaired) electrons. The quantitative estimate of drug-likeness (QED) is 0.584. The minimum absolute atomic E-state index is 0.213. The van der Waals surface area contributed by atoms with Crippen LogP contribution < -0.4 is 10.6 Å². The fraction of sp³-hybridized carbons (Fsp3) is 0.250. The zero-order valence-corrected chi connectivity index (χ0v) is 6.45. The Bertz CT molecular complexity index is 300. The number of nitrogens with one attached hydrogen (secondary N) is 2. The summed E-state index contributed by atoms with van der Waals surface area (Å²) < 4.78 is 0. The first-order valence-electron chi connectivity index (χ1n) is 3.78. The van der Waals surface area contributed by atoms with Gasteiger partial charge in [0.1, 0.15) is 6.29 Å². The van der Waals surface area contributed by atoms with Crippen LogP contribution in [0.15, 0.2) is 18.5 Å². The number of aldehydes is 1. The van der Waals surface area contributed by atoms with Crippen molar-refractivity contribution >= 4 is 12.0 Å². The van der Waals surface area contributed by atoms with Gasteiger partial charge in [-0.2, -0.15) is 0 Å². The maximum absolute atomic E-state index is 10.6. The molecule has 4 nitrogen and oxygen atoms in total. The van der Waals surface area contributed by atoms with Crippen molar-refractivity contribution in [2.24, 2.45) is 0 Å². The van der Waals surface area contributed by atoms with Crippen LogP contribution in [-0.2, 0) is 4.79 Å². The summed E-state index contributed by atoms with van der Waals surface area (Å²) in [6.45, 7) is 0.625. The fourth-order valence-corrected chi connectivity index (χ4v) is 1.30. The van der Waals surface area contributed by atoms with Gasteiger partial charge in [0.15, 0.2) is 0 Å². The predicted octanol–water partition coefficient (Wildman–Crippen LogP) is 0.294. The summed E-state index contributed by atoms with van der Waals surface area (Å²) in [5.74, 6) is 0. The maximum Gasteiger partial charge on any atom is 0.141 e. The highest BCUT2D eigenvalue weighted by atomic mass is 16.1. The normalized spacial score (nSPS) is 20.8. The summed E-state index contributed by atoms with van der Waals surface area (Å²) >= 11 is 0. The van der Waals surface area contributed by atoms with Crippen LogP contribution in [0, 0.1) is 0 Å². The lowest BCUT2D eigenvalue weighted by molar-refractivity contribution is -0.109. The van der Waals surface area contributed by atoms with E-state index in [1.54, 1.807) is 12.4 Å². The molecule has 1 aliphatic rings. The van der Waals surface area contributed by atoms with Gasteiger partial charge >= 0.3 is 0 Å². The number of rotatable bonds is 1. The number of hydrogen-bond acceptors (Lipinski definition) is 4. The minimum atomic E-state index is -0.213. The second-order valence-electron chi connectivity index (χ2n) is 2.63. The van der Waals surface area contributed by atoms with E-state index in [1.807, 2.05) is 6.07 Å². The number of nitrogens with zero attached hydrogens (tertiary/aromatic N) is 1. The van der Waals surface area contributed by atoms with Crippen LogP contribution in [0.5, 0.6) is 0 Å². The van der Waals surface area contributed by atoms with Crippen LogP contribution >= 0.6 is 0 Å². The highest BCUT2D eigenvalue weighted by Gasteiger charge is 2.17. The molecule has 2 heterocycles. The van der Waals surface area contributed by atoms with E-state index in [9.17, 15) is 4.79 Å². The number of aromatic nitrogens is 1. The van der Waals surface area contributed by atoms with Crippen molar-refractivity contribution in [3.8, 4) is 0 Å². The zero-order chi connectivity index (χ0) is 8.39. The first-order chi connectivity index (χ1) is 5.92. The Morgan fingerprint density at radius 3 is 3.42 bits per heavy atom. The second kappa shape index (κ2) is 2.91. The molecule has 0 saturated carbocycles. The van der Waals surface area contributed by atoms with E-state index >= 15 is 0 Å². The van der Waals surface area contributed by atoms with Gasteiger partial charge in [-0.15, -0.1) is 0 Å². The third kappa shape index (κ3) is 1.06. The third-order valence-electron chi connectivity index (χ3n) is 1.92. The first-order valence-corrected chi connectivity index (χ1v) is 3.78. The molecule has 62 valence electrons. The molecule has 1 unspecified atom stereocenters. The average Bonchev–Trinajstić information content (AvgIpc) is 2.17. The number of anilines is 1. The first kappa shape index (κ1) is 7.24. The SMILES string of the molecule is O=CC1NCNc2ccncc21. The highest BCUT2D eigenvalue weighted by molar-refractivity contribution is 5.68. The molecule has 0 saturated heterocycles. The van der Waals surface area contributed by atoms with Gasteiger partial charge in [-0.05, 0) is 6.07 Å². The van der Waals surface area contributed by atoms with E-state index in [1.165, 1.54) is 0 Å². The molecule has 0 spiro atoms. The van der Waals surface area contributed by atoms with Crippen molar-refractivity contribution in [1.29, 1.82) is 0 Å². The topological polar surface area (TPSA) is 54.0 Å². The summed E-state index contributed by atoms with van der Waals surface area (Å²) in [6, 6.07) is 1.65. The lowest BCUT2D eigenvalue weighted by Crippen LogP contribution is -2.33. The fourth-order valence-electron chi connectivity index (χ4n) is 1.30. The Hall–Kier alpha value is -1.42. The molecule has 0 aromatic carbocycles. The van der Waals surface area contributed by atoms with E-state index < -0.39 is 0 Å². The molecular formula is C8H9N3O. The summed E-state index contributed by atoms with van der Waals surface area (Å²) in [7, 11) is 0. The minimum Gasteiger partial charge on any atom is -0.372 e. The Morgan fingerprint density at radius 1 is 1.67 bits per heavy atom. The number of fused-ring (bicyclic) bond motifs is 1. The molecule has 0 aliphatic carbocycles. The van der Waals surface area contributed by atoms with Gasteiger partial charge in [0.05, 0.1) is 12.7 Å². The average molecular weight is 163 g/mol. The molecule has 1 aromatic heterocycles. The molecule has 2 rings (SSSR count). The zero-order valence-electron chi connectivity index (χ0n) is 6.45. The van der Waals surface area contributed by atoms with Crippen LogP contribution in [0.3, 0.4) is 0 Å². The summed E-state index contributed by atoms with van der Waals surface area (Å²) in [5, 5.41) is 6.12. The molecule has 0 amide bonds. The molecule has 4 heteroatoms. The van der Waals surface area contributed by atoms with Crippen molar-refractivity contribution in [3.63, 3.8) is 0 Å². The molecule has 2 N–H and O–H groups in total. The Balaban J connectivity index is 2.43. The Morgan fingerprint density at radius 2 is 2.58 bits per heavy atom. The molecule has 1 aliphatic heterocycles. The number of hydrogen-bond donors (Lipinski definition) is 2. The standard InChI is InChI=1S/C8H9N3O/c12-4-8-6-3-9-2-1-7(6)10-5-11-8/h1-4,8,10-11H,5H2. The van der Waals surface area contributed by atoms with E-state index in [2.05, 4.69) is 15.6 Å². The molecule has 1 atom stereocenters. The van der Waals surface area contributed by atoms with Crippen LogP contribution in [0.2, 0.25) is 0 Å². The van der Waals surface area contributed by atoms with Gasteiger partial charge in [-0.1, -0.05) is 0 Å². The number of carbonyl (C=O) groups is 1. The van der Waals surface area contributed by atoms with Crippen molar-refractivity contribution in [2.75, 3.05) is 12.0 Å². The largest absolute Gasteiger partial charge is 0.372 e. The van der Waals surface area contributed by atoms with Gasteiger partial charge < -0.3 is 10.1 Å². The van der Waals surface area contributed by atoms with Crippen LogP contribution in [-0.4, -0.2) is 17.9 Å². The van der Waals surface area contributed by atoms with Gasteiger partial charge in [0, 0.05) is 23.6 Å². The summed E-state index contributed by atoms with van der Waals surface area (Å²) in [4.78, 5) is 14.6. The third-order valence-corrected chi connectivity index (χ3v) is 1.92. The highest BCUT2D eigenvalue weighted by Crippen LogP contribution is 2.22. The van der Waals surface area contributed by atoms with E-state index in [0.717, 1.165) is 17.5 Å². The van der Waals surface area contributed by atoms with Crippen LogP contribution in [0.4, 0.5) is 5.69 Å². The monoisotopic (exact) mass is 163 g/mol. The van der Waals surface area contributed by atoms with Crippen molar-refractivity contribution in [3.05, 3.63) is 24.0 Å². The number of pyridine rings is 1. The van der Waals surface area contributed by atoms with Crippen molar-refractivity contribution in [2.45, 2.75) is 6.04 Å². The van der Waals surface area contributed by atoms with E-state index in [4.69, 9.17) is 0 Å². The van der Waals surface area contributed by atoms with Gasteiger partial charge in [0.2, 0.25) is 0 Å². The lowest BCUT2D eigenvalue weighted by Gasteiger charge is -2.23. The predicted molar refractivity (Wildman–Crippen MR) is 44.7 cm³/mol. The Kier molecular flexibility index (Phi) is 1.75. The van der Waals surface area contributed by atoms with Crippen molar-refractivity contribution in [1.82, 2.24) is 10.3 Å². The molecule has 0 fully saturated rings. The maximum atomic E-state index is 10.6. The Labute approximate surface area is 70.0 Å². The van der Waals surface area contributed by atoms with E-state index in [-0.39, 0.29) is 6.04 Å². The van der Waals surface area contributed by atoms with Crippen LogP contribution in [0.1, 0.15) is 11.6 Å². The van der Waals surface area contributed by atoms with Gasteiger partial charge in [-0.25, -0.2) is 0 Å². The van der Waals surface area contributed by atoms with Gasteiger partial charge in [0.25, 0.3) is 0 Å². The molecule has 1 aromatic rings. The molecular weight excluding hydrogens is 154 g/mol. The van der Waals surface area contributed by atoms with Crippen molar-refractivity contribution < 1.29 is 4.79 Å². The smallest absolute Gasteiger partial charge is 0.141 e. The summed E-state index contributed by atoms with van der Waals surface area (Å²) in [6.07, 6.45) is 4.30. The molecule has 12 heavy (non-hydrogen) atoms. The van der Waals surface area contributed by atoms with E-state index in [0.29, 0.717) is 6.67 Å². The summed E-state index contributed by atoms with van der Waals surface area (Å²) in [5.41, 5.74) is 1.90. The number of carbonyl (C=O) groups excluding carboxylic acids is 1. The van der Waals surface area contributed by atoms with Gasteiger partial charge in [-0.3, -0.25) is 10.3 Å². The van der Waals surface area contributed by atoms with Crippen LogP contribution in [0.25, 0.3) is 0 Å². The second-order valence-corrected chi connectivity index (χ2v) is 2.63. The molecule has 0 bridgehead atoms.